The molecule has 156 valence electrons. The molecule has 1 fully saturated rings. The van der Waals surface area contributed by atoms with Gasteiger partial charge < -0.3 is 20.4 Å². The number of hydrogen-bond donors (Lipinski definition) is 2. The van der Waals surface area contributed by atoms with Crippen molar-refractivity contribution in [2.75, 3.05) is 18.4 Å². The molecule has 1 aromatic heterocycles. The molecule has 30 heavy (non-hydrogen) atoms. The van der Waals surface area contributed by atoms with Crippen molar-refractivity contribution in [2.45, 2.75) is 31.4 Å². The highest BCUT2D eigenvalue weighted by atomic mass is 19.1. The number of benzene rings is 1. The second kappa shape index (κ2) is 8.48. The number of piperidine rings is 1. The third kappa shape index (κ3) is 4.56. The molecule has 9 heteroatoms. The molecule has 1 aromatic carbocycles. The third-order valence-electron chi connectivity index (χ3n) is 5.23. The Morgan fingerprint density at radius 2 is 1.93 bits per heavy atom. The standard InChI is InChI=1S/C21H22FN5O3/c22-16-2-4-17(5-3-16)25-20(29)27-11-1-8-21(14-27)12-18(26-30-21)19(28)24-13-15-6-9-23-10-7-15/h2-7,9-10H,1,8,11-14H2,(H,24,28)(H,25,29). The summed E-state index contributed by atoms with van der Waals surface area (Å²) in [4.78, 5) is 36.3. The fourth-order valence-corrected chi connectivity index (χ4v) is 3.65. The SMILES string of the molecule is O=C(NCc1ccncc1)C1=NOC2(CCCN(C(=O)Nc3ccc(F)cc3)C2)C1. The Kier molecular flexibility index (Phi) is 5.60. The number of nitrogens with zero attached hydrogens (tertiary/aromatic N) is 3. The average molecular weight is 411 g/mol. The first-order chi connectivity index (χ1) is 14.5. The molecule has 3 heterocycles. The predicted molar refractivity (Wildman–Crippen MR) is 108 cm³/mol. The molecule has 2 N–H and O–H groups in total. The largest absolute Gasteiger partial charge is 0.386 e. The molecule has 1 saturated heterocycles. The zero-order chi connectivity index (χ0) is 21.0. The number of rotatable bonds is 4. The number of amides is 3. The number of nitrogens with one attached hydrogen (secondary N) is 2. The molecule has 4 rings (SSSR count). The fraction of sp³-hybridized carbons (Fsp3) is 0.333. The summed E-state index contributed by atoms with van der Waals surface area (Å²) < 4.78 is 13.0. The summed E-state index contributed by atoms with van der Waals surface area (Å²) >= 11 is 0. The Hall–Kier alpha value is -3.49. The lowest BCUT2D eigenvalue weighted by Crippen LogP contribution is -2.52. The van der Waals surface area contributed by atoms with Crippen molar-refractivity contribution in [3.05, 3.63) is 60.2 Å². The van der Waals surface area contributed by atoms with Crippen LogP contribution in [0.3, 0.4) is 0 Å². The lowest BCUT2D eigenvalue weighted by molar-refractivity contribution is -0.115. The van der Waals surface area contributed by atoms with Gasteiger partial charge in [0.05, 0.1) is 6.54 Å². The molecule has 0 radical (unpaired) electrons. The van der Waals surface area contributed by atoms with E-state index in [0.717, 1.165) is 12.0 Å². The number of anilines is 1. The van der Waals surface area contributed by atoms with Gasteiger partial charge in [0.15, 0.2) is 5.60 Å². The second-order valence-electron chi connectivity index (χ2n) is 7.49. The predicted octanol–water partition coefficient (Wildman–Crippen LogP) is 2.68. The minimum Gasteiger partial charge on any atom is -0.386 e. The zero-order valence-electron chi connectivity index (χ0n) is 16.3. The summed E-state index contributed by atoms with van der Waals surface area (Å²) in [5.41, 5.74) is 1.08. The van der Waals surface area contributed by atoms with Gasteiger partial charge in [-0.15, -0.1) is 0 Å². The topological polar surface area (TPSA) is 95.9 Å². The maximum Gasteiger partial charge on any atom is 0.321 e. The van der Waals surface area contributed by atoms with Crippen LogP contribution < -0.4 is 10.6 Å². The van der Waals surface area contributed by atoms with Crippen LogP contribution in [0.1, 0.15) is 24.8 Å². The summed E-state index contributed by atoms with van der Waals surface area (Å²) in [6.07, 6.45) is 5.12. The van der Waals surface area contributed by atoms with Crippen LogP contribution in [0.4, 0.5) is 14.9 Å². The van der Waals surface area contributed by atoms with Crippen molar-refractivity contribution in [3.63, 3.8) is 0 Å². The van der Waals surface area contributed by atoms with E-state index in [4.69, 9.17) is 4.84 Å². The highest BCUT2D eigenvalue weighted by molar-refractivity contribution is 6.39. The summed E-state index contributed by atoms with van der Waals surface area (Å²) in [6, 6.07) is 8.96. The highest BCUT2D eigenvalue weighted by Gasteiger charge is 2.45. The van der Waals surface area contributed by atoms with Gasteiger partial charge >= 0.3 is 6.03 Å². The van der Waals surface area contributed by atoms with Gasteiger partial charge in [-0.3, -0.25) is 9.78 Å². The average Bonchev–Trinajstić information content (AvgIpc) is 3.17. The highest BCUT2D eigenvalue weighted by Crippen LogP contribution is 2.33. The van der Waals surface area contributed by atoms with E-state index in [1.165, 1.54) is 24.3 Å². The maximum absolute atomic E-state index is 13.0. The summed E-state index contributed by atoms with van der Waals surface area (Å²) in [7, 11) is 0. The van der Waals surface area contributed by atoms with Crippen LogP contribution in [0.15, 0.2) is 53.9 Å². The molecule has 1 unspecified atom stereocenters. The first-order valence-corrected chi connectivity index (χ1v) is 9.77. The number of pyridine rings is 1. The molecule has 2 aliphatic rings. The van der Waals surface area contributed by atoms with Crippen LogP contribution in [-0.2, 0) is 16.2 Å². The van der Waals surface area contributed by atoms with E-state index in [-0.39, 0.29) is 17.8 Å². The Bertz CT molecular complexity index is 951. The minimum atomic E-state index is -0.693. The Morgan fingerprint density at radius 3 is 2.70 bits per heavy atom. The molecular weight excluding hydrogens is 389 g/mol. The van der Waals surface area contributed by atoms with Gasteiger partial charge in [0.1, 0.15) is 11.5 Å². The lowest BCUT2D eigenvalue weighted by Gasteiger charge is -2.38. The van der Waals surface area contributed by atoms with E-state index in [1.54, 1.807) is 17.3 Å². The Balaban J connectivity index is 1.32. The van der Waals surface area contributed by atoms with E-state index < -0.39 is 5.60 Å². The van der Waals surface area contributed by atoms with Gasteiger partial charge in [0.25, 0.3) is 5.91 Å². The maximum atomic E-state index is 13.0. The second-order valence-corrected chi connectivity index (χ2v) is 7.49. The minimum absolute atomic E-state index is 0.281. The number of carbonyl (C=O) groups excluding carboxylic acids is 2. The summed E-state index contributed by atoms with van der Waals surface area (Å²) in [5, 5.41) is 9.60. The molecule has 0 aliphatic carbocycles. The van der Waals surface area contributed by atoms with Crippen molar-refractivity contribution in [1.82, 2.24) is 15.2 Å². The van der Waals surface area contributed by atoms with Crippen LogP contribution in [0, 0.1) is 5.82 Å². The lowest BCUT2D eigenvalue weighted by atomic mass is 9.88. The van der Waals surface area contributed by atoms with E-state index in [9.17, 15) is 14.0 Å². The molecule has 1 atom stereocenters. The Labute approximate surface area is 173 Å². The smallest absolute Gasteiger partial charge is 0.321 e. The monoisotopic (exact) mass is 411 g/mol. The van der Waals surface area contributed by atoms with Crippen molar-refractivity contribution >= 4 is 23.3 Å². The number of hydrogen-bond acceptors (Lipinski definition) is 5. The number of likely N-dealkylation sites (tertiary alicyclic amines) is 1. The van der Waals surface area contributed by atoms with Crippen molar-refractivity contribution in [3.8, 4) is 0 Å². The molecule has 3 amide bonds. The van der Waals surface area contributed by atoms with E-state index >= 15 is 0 Å². The van der Waals surface area contributed by atoms with Crippen molar-refractivity contribution in [1.29, 1.82) is 0 Å². The molecule has 2 aromatic rings. The first-order valence-electron chi connectivity index (χ1n) is 9.77. The van der Waals surface area contributed by atoms with Crippen molar-refractivity contribution in [2.24, 2.45) is 5.16 Å². The van der Waals surface area contributed by atoms with Gasteiger partial charge in [-0.05, 0) is 54.8 Å². The fourth-order valence-electron chi connectivity index (χ4n) is 3.65. The number of carbonyl (C=O) groups is 2. The van der Waals surface area contributed by atoms with Crippen LogP contribution in [0.25, 0.3) is 0 Å². The van der Waals surface area contributed by atoms with Gasteiger partial charge in [-0.1, -0.05) is 5.16 Å². The summed E-state index contributed by atoms with van der Waals surface area (Å²) in [6.45, 7) is 1.27. The third-order valence-corrected chi connectivity index (χ3v) is 5.23. The van der Waals surface area contributed by atoms with Crippen LogP contribution in [-0.4, -0.2) is 46.2 Å². The number of aromatic nitrogens is 1. The molecule has 1 spiro atoms. The van der Waals surface area contributed by atoms with Gasteiger partial charge in [0, 0.05) is 37.6 Å². The first kappa shape index (κ1) is 19.8. The number of halogens is 1. The van der Waals surface area contributed by atoms with Crippen molar-refractivity contribution < 1.29 is 18.8 Å². The number of urea groups is 1. The number of oxime groups is 1. The van der Waals surface area contributed by atoms with E-state index in [0.29, 0.717) is 43.9 Å². The van der Waals surface area contributed by atoms with Gasteiger partial charge in [-0.2, -0.15) is 0 Å². The van der Waals surface area contributed by atoms with Crippen LogP contribution in [0.5, 0.6) is 0 Å². The molecule has 0 saturated carbocycles. The van der Waals surface area contributed by atoms with E-state index in [2.05, 4.69) is 20.8 Å². The normalized spacial score (nSPS) is 20.4. The quantitative estimate of drug-likeness (QED) is 0.809. The molecule has 0 bridgehead atoms. The molecule has 8 nitrogen and oxygen atoms in total. The van der Waals surface area contributed by atoms with Gasteiger partial charge in [-0.25, -0.2) is 9.18 Å². The van der Waals surface area contributed by atoms with Crippen LogP contribution >= 0.6 is 0 Å². The zero-order valence-corrected chi connectivity index (χ0v) is 16.3. The Morgan fingerprint density at radius 1 is 1.17 bits per heavy atom. The van der Waals surface area contributed by atoms with Crippen LogP contribution in [0.2, 0.25) is 0 Å². The molecular formula is C21H22FN5O3. The molecule has 2 aliphatic heterocycles. The van der Waals surface area contributed by atoms with Gasteiger partial charge in [0.2, 0.25) is 0 Å². The summed E-state index contributed by atoms with van der Waals surface area (Å²) in [5.74, 6) is -0.646. The van der Waals surface area contributed by atoms with E-state index in [1.807, 2.05) is 12.1 Å².